The normalized spacial score (nSPS) is 19.6. The van der Waals surface area contributed by atoms with E-state index < -0.39 is 0 Å². The van der Waals surface area contributed by atoms with Gasteiger partial charge in [-0.15, -0.1) is 11.8 Å². The Morgan fingerprint density at radius 2 is 2.05 bits per heavy atom. The number of hydrogen-bond donors (Lipinski definition) is 0. The molecule has 104 valence electrons. The van der Waals surface area contributed by atoms with E-state index in [9.17, 15) is 4.79 Å². The summed E-state index contributed by atoms with van der Waals surface area (Å²) in [7, 11) is 3.30. The van der Waals surface area contributed by atoms with Crippen LogP contribution in [0.3, 0.4) is 0 Å². The highest BCUT2D eigenvalue weighted by molar-refractivity contribution is 8.00. The molecule has 0 aromatic heterocycles. The molecule has 0 aliphatic carbocycles. The maximum absolute atomic E-state index is 12.4. The van der Waals surface area contributed by atoms with Gasteiger partial charge in [-0.2, -0.15) is 0 Å². The third kappa shape index (κ3) is 3.42. The van der Waals surface area contributed by atoms with E-state index in [4.69, 9.17) is 9.47 Å². The zero-order valence-electron chi connectivity index (χ0n) is 11.3. The van der Waals surface area contributed by atoms with Crippen molar-refractivity contribution in [1.29, 1.82) is 0 Å². The van der Waals surface area contributed by atoms with Crippen LogP contribution in [-0.2, 0) is 9.53 Å². The van der Waals surface area contributed by atoms with Gasteiger partial charge in [0.05, 0.1) is 13.7 Å². The van der Waals surface area contributed by atoms with Crippen molar-refractivity contribution in [2.45, 2.75) is 5.25 Å². The number of hydrogen-bond acceptors (Lipinski definition) is 4. The summed E-state index contributed by atoms with van der Waals surface area (Å²) in [5.74, 6) is 1.96. The summed E-state index contributed by atoms with van der Waals surface area (Å²) in [6, 6.07) is 7.73. The SMILES string of the molecule is COCCN1CCSC(c2ccc(OC)cc2)C1=O. The molecule has 2 rings (SSSR count). The summed E-state index contributed by atoms with van der Waals surface area (Å²) in [6.07, 6.45) is 0. The van der Waals surface area contributed by atoms with Crippen LogP contribution in [-0.4, -0.2) is 50.5 Å². The second kappa shape index (κ2) is 6.82. The molecule has 1 aromatic rings. The van der Waals surface area contributed by atoms with Gasteiger partial charge in [0.2, 0.25) is 5.91 Å². The Bertz CT molecular complexity index is 421. The van der Waals surface area contributed by atoms with Gasteiger partial charge in [0.15, 0.2) is 0 Å². The highest BCUT2D eigenvalue weighted by atomic mass is 32.2. The van der Waals surface area contributed by atoms with Crippen LogP contribution in [0.15, 0.2) is 24.3 Å². The molecule has 1 amide bonds. The minimum absolute atomic E-state index is 0.100. The van der Waals surface area contributed by atoms with E-state index in [-0.39, 0.29) is 11.2 Å². The maximum atomic E-state index is 12.4. The Morgan fingerprint density at radius 1 is 1.32 bits per heavy atom. The Kier molecular flexibility index (Phi) is 5.10. The molecule has 4 nitrogen and oxygen atoms in total. The van der Waals surface area contributed by atoms with Gasteiger partial charge in [0.25, 0.3) is 0 Å². The monoisotopic (exact) mass is 281 g/mol. The fraction of sp³-hybridized carbons (Fsp3) is 0.500. The molecule has 1 aliphatic rings. The van der Waals surface area contributed by atoms with Crippen LogP contribution in [0.1, 0.15) is 10.8 Å². The zero-order chi connectivity index (χ0) is 13.7. The molecule has 1 heterocycles. The lowest BCUT2D eigenvalue weighted by molar-refractivity contribution is -0.131. The highest BCUT2D eigenvalue weighted by Crippen LogP contribution is 2.34. The maximum Gasteiger partial charge on any atom is 0.240 e. The van der Waals surface area contributed by atoms with E-state index in [1.54, 1.807) is 26.0 Å². The standard InChI is InChI=1S/C14H19NO3S/c1-17-9-7-15-8-10-19-13(14(15)16)11-3-5-12(18-2)6-4-11/h3-6,13H,7-10H2,1-2H3. The topological polar surface area (TPSA) is 38.8 Å². The summed E-state index contributed by atoms with van der Waals surface area (Å²) in [5, 5.41) is -0.100. The summed E-state index contributed by atoms with van der Waals surface area (Å²) in [4.78, 5) is 14.3. The molecular weight excluding hydrogens is 262 g/mol. The van der Waals surface area contributed by atoms with Gasteiger partial charge in [-0.25, -0.2) is 0 Å². The van der Waals surface area contributed by atoms with Crippen molar-refractivity contribution < 1.29 is 14.3 Å². The number of thioether (sulfide) groups is 1. The van der Waals surface area contributed by atoms with Gasteiger partial charge in [-0.05, 0) is 17.7 Å². The van der Waals surface area contributed by atoms with Crippen LogP contribution >= 0.6 is 11.8 Å². The Balaban J connectivity index is 2.07. The fourth-order valence-corrected chi connectivity index (χ4v) is 3.27. The van der Waals surface area contributed by atoms with Gasteiger partial charge in [0, 0.05) is 26.0 Å². The Hall–Kier alpha value is -1.20. The van der Waals surface area contributed by atoms with E-state index in [2.05, 4.69) is 0 Å². The molecule has 0 saturated carbocycles. The molecular formula is C14H19NO3S. The van der Waals surface area contributed by atoms with Crippen LogP contribution in [0.25, 0.3) is 0 Å². The van der Waals surface area contributed by atoms with Gasteiger partial charge >= 0.3 is 0 Å². The minimum Gasteiger partial charge on any atom is -0.497 e. The van der Waals surface area contributed by atoms with Crippen molar-refractivity contribution in [2.75, 3.05) is 39.7 Å². The van der Waals surface area contributed by atoms with E-state index >= 15 is 0 Å². The second-order valence-electron chi connectivity index (χ2n) is 4.34. The molecule has 5 heteroatoms. The summed E-state index contributed by atoms with van der Waals surface area (Å²) in [5.41, 5.74) is 1.04. The Morgan fingerprint density at radius 3 is 2.68 bits per heavy atom. The molecule has 1 aromatic carbocycles. The number of carbonyl (C=O) groups is 1. The highest BCUT2D eigenvalue weighted by Gasteiger charge is 2.30. The van der Waals surface area contributed by atoms with Crippen molar-refractivity contribution in [2.24, 2.45) is 0 Å². The number of amides is 1. The first-order chi connectivity index (χ1) is 9.26. The van der Waals surface area contributed by atoms with Crippen molar-refractivity contribution in [3.05, 3.63) is 29.8 Å². The van der Waals surface area contributed by atoms with E-state index in [0.717, 1.165) is 23.6 Å². The lowest BCUT2D eigenvalue weighted by Gasteiger charge is -2.32. The van der Waals surface area contributed by atoms with Crippen LogP contribution in [0.4, 0.5) is 0 Å². The number of methoxy groups -OCH3 is 2. The number of benzene rings is 1. The van der Waals surface area contributed by atoms with E-state index in [0.29, 0.717) is 13.2 Å². The largest absolute Gasteiger partial charge is 0.497 e. The molecule has 0 radical (unpaired) electrons. The molecule has 1 atom stereocenters. The number of nitrogens with zero attached hydrogens (tertiary/aromatic N) is 1. The molecule has 19 heavy (non-hydrogen) atoms. The minimum atomic E-state index is -0.100. The fourth-order valence-electron chi connectivity index (χ4n) is 2.07. The van der Waals surface area contributed by atoms with Gasteiger partial charge in [-0.3, -0.25) is 4.79 Å². The van der Waals surface area contributed by atoms with Gasteiger partial charge < -0.3 is 14.4 Å². The zero-order valence-corrected chi connectivity index (χ0v) is 12.1. The van der Waals surface area contributed by atoms with Crippen molar-refractivity contribution >= 4 is 17.7 Å². The molecule has 0 spiro atoms. The lowest BCUT2D eigenvalue weighted by atomic mass is 10.1. The van der Waals surface area contributed by atoms with Gasteiger partial charge in [-0.1, -0.05) is 12.1 Å². The molecule has 1 fully saturated rings. The molecule has 1 unspecified atom stereocenters. The number of carbonyl (C=O) groups excluding carboxylic acids is 1. The van der Waals surface area contributed by atoms with Crippen molar-refractivity contribution in [3.63, 3.8) is 0 Å². The van der Waals surface area contributed by atoms with Crippen LogP contribution in [0.5, 0.6) is 5.75 Å². The van der Waals surface area contributed by atoms with E-state index in [1.807, 2.05) is 29.2 Å². The Labute approximate surface area is 118 Å². The first-order valence-corrected chi connectivity index (χ1v) is 7.34. The quantitative estimate of drug-likeness (QED) is 0.827. The van der Waals surface area contributed by atoms with Crippen molar-refractivity contribution in [1.82, 2.24) is 4.90 Å². The van der Waals surface area contributed by atoms with Gasteiger partial charge in [0.1, 0.15) is 11.0 Å². The third-order valence-corrected chi connectivity index (χ3v) is 4.39. The lowest BCUT2D eigenvalue weighted by Crippen LogP contribution is -2.41. The number of rotatable bonds is 5. The first-order valence-electron chi connectivity index (χ1n) is 6.29. The third-order valence-electron chi connectivity index (χ3n) is 3.17. The summed E-state index contributed by atoms with van der Waals surface area (Å²) in [6.45, 7) is 2.06. The molecule has 1 aliphatic heterocycles. The van der Waals surface area contributed by atoms with Crippen LogP contribution < -0.4 is 4.74 Å². The number of ether oxygens (including phenoxy) is 2. The summed E-state index contributed by atoms with van der Waals surface area (Å²) >= 11 is 1.70. The summed E-state index contributed by atoms with van der Waals surface area (Å²) < 4.78 is 10.2. The van der Waals surface area contributed by atoms with Crippen LogP contribution in [0.2, 0.25) is 0 Å². The first kappa shape index (κ1) is 14.2. The smallest absolute Gasteiger partial charge is 0.240 e. The predicted octanol–water partition coefficient (Wildman–Crippen LogP) is 1.96. The van der Waals surface area contributed by atoms with Crippen LogP contribution in [0, 0.1) is 0 Å². The molecule has 1 saturated heterocycles. The predicted molar refractivity (Wildman–Crippen MR) is 76.6 cm³/mol. The molecule has 0 N–H and O–H groups in total. The van der Waals surface area contributed by atoms with Crippen molar-refractivity contribution in [3.8, 4) is 5.75 Å². The second-order valence-corrected chi connectivity index (χ2v) is 5.56. The average molecular weight is 281 g/mol. The molecule has 0 bridgehead atoms. The van der Waals surface area contributed by atoms with E-state index in [1.165, 1.54) is 0 Å². The average Bonchev–Trinajstić information content (AvgIpc) is 2.46.